The Balaban J connectivity index is 0.000000270. The smallest absolute Gasteiger partial charge is 0.465 e. The Hall–Kier alpha value is -9.02. The van der Waals surface area contributed by atoms with E-state index in [0.717, 1.165) is 67.5 Å². The van der Waals surface area contributed by atoms with Crippen LogP contribution in [0.15, 0.2) is 304 Å². The molecule has 15 nitrogen and oxygen atoms in total. The summed E-state index contributed by atoms with van der Waals surface area (Å²) in [6.07, 6.45) is 16.4. The second-order valence-electron chi connectivity index (χ2n) is 19.7. The van der Waals surface area contributed by atoms with E-state index in [1.165, 1.54) is 17.4 Å². The molecule has 0 saturated heterocycles. The van der Waals surface area contributed by atoms with Gasteiger partial charge in [-0.3, -0.25) is 14.4 Å². The molecule has 0 spiro atoms. The van der Waals surface area contributed by atoms with Gasteiger partial charge in [-0.05, 0) is 94.9 Å². The standard InChI is InChI=1S/3C21H19N2O3.3C5H5.3Fe/c3*24-16-26-13-12-25-15-17-8-10-20(11-9-17)22-23-21-7-3-6-19(14-21)18-4-1-2-5-18;3*1-2-4-5-3-1;;;/h3*1-11,14,16H,12-13,15H2;3*1-5H;;;/q6*-1;3*+2. The Bertz CT molecular complexity index is 3420. The predicted octanol–water partition coefficient (Wildman–Crippen LogP) is 18.6. The van der Waals surface area contributed by atoms with Crippen molar-refractivity contribution in [2.45, 2.75) is 19.8 Å². The molecule has 0 N–H and O–H groups in total. The molecule has 0 atom stereocenters. The number of hydrogen-bond acceptors (Lipinski definition) is 15. The summed E-state index contributed by atoms with van der Waals surface area (Å²) >= 11 is 0. The van der Waals surface area contributed by atoms with Crippen molar-refractivity contribution in [2.24, 2.45) is 30.7 Å². The summed E-state index contributed by atoms with van der Waals surface area (Å²) in [6, 6.07) is 85.1. The number of rotatable bonds is 27. The summed E-state index contributed by atoms with van der Waals surface area (Å²) in [7, 11) is 0. The van der Waals surface area contributed by atoms with E-state index in [1.807, 2.05) is 256 Å². The maximum atomic E-state index is 10.0. The Morgan fingerprint density at radius 1 is 0.365 bits per heavy atom. The molecule has 0 aliphatic heterocycles. The summed E-state index contributed by atoms with van der Waals surface area (Å²) < 4.78 is 29.9. The van der Waals surface area contributed by atoms with Crippen molar-refractivity contribution in [3.05, 3.63) is 351 Å². The van der Waals surface area contributed by atoms with Crippen LogP contribution in [0.4, 0.5) is 34.1 Å². The van der Waals surface area contributed by atoms with Gasteiger partial charge in [0, 0.05) is 0 Å². The molecule has 10 aromatic rings. The molecule has 0 aromatic heterocycles. The molecule has 12 rings (SSSR count). The third-order valence-corrected chi connectivity index (χ3v) is 12.9. The van der Waals surface area contributed by atoms with Gasteiger partial charge in [0.1, 0.15) is 19.8 Å². The van der Waals surface area contributed by atoms with Gasteiger partial charge in [0.25, 0.3) is 19.4 Å². The summed E-state index contributed by atoms with van der Waals surface area (Å²) in [5.74, 6) is 2.34. The summed E-state index contributed by atoms with van der Waals surface area (Å²) in [5, 5.41) is 25.8. The average Bonchev–Trinajstić information content (AvgIpc) is 1.76. The first-order valence-electron chi connectivity index (χ1n) is 29.9. The molecule has 6 radical (unpaired) electrons. The first-order chi connectivity index (χ1) is 46.0. The molecule has 1 fully saturated rings. The van der Waals surface area contributed by atoms with Gasteiger partial charge in [0.15, 0.2) is 0 Å². The Morgan fingerprint density at radius 2 is 0.750 bits per heavy atom. The molecular formula is C78H72Fe3N6O9. The van der Waals surface area contributed by atoms with Crippen LogP contribution in [0, 0.1) is 50.4 Å². The van der Waals surface area contributed by atoms with Gasteiger partial charge in [-0.15, -0.1) is 12.5 Å². The van der Waals surface area contributed by atoms with Crippen LogP contribution < -0.4 is 0 Å². The number of carbonyl (C=O) groups is 3. The van der Waals surface area contributed by atoms with E-state index in [9.17, 15) is 14.4 Å². The van der Waals surface area contributed by atoms with Gasteiger partial charge in [0.05, 0.1) is 73.8 Å². The van der Waals surface area contributed by atoms with Gasteiger partial charge < -0.3 is 34.8 Å². The van der Waals surface area contributed by atoms with Crippen LogP contribution in [0.5, 0.6) is 0 Å². The van der Waals surface area contributed by atoms with E-state index in [4.69, 9.17) is 14.2 Å². The fraction of sp³-hybridized carbons (Fsp3) is 0.115. The van der Waals surface area contributed by atoms with Gasteiger partial charge in [-0.1, -0.05) is 102 Å². The summed E-state index contributed by atoms with van der Waals surface area (Å²) in [5.41, 5.74) is 12.4. The first-order valence-corrected chi connectivity index (χ1v) is 29.9. The largest absolute Gasteiger partial charge is 2.00 e. The van der Waals surface area contributed by atoms with Crippen LogP contribution in [-0.2, 0) is 114 Å². The molecule has 1 saturated carbocycles. The third kappa shape index (κ3) is 32.9. The number of carbonyl (C=O) groups excluding carboxylic acids is 3. The quantitative estimate of drug-likeness (QED) is 0.0121. The fourth-order valence-electron chi connectivity index (χ4n) is 8.26. The topological polar surface area (TPSA) is 181 Å². The normalized spacial score (nSPS) is 12.0. The molecule has 96 heavy (non-hydrogen) atoms. The predicted molar refractivity (Wildman–Crippen MR) is 363 cm³/mol. The minimum absolute atomic E-state index is 0. The van der Waals surface area contributed by atoms with Gasteiger partial charge >= 0.3 is 51.2 Å². The maximum Gasteiger partial charge on any atom is 2.00 e. The van der Waals surface area contributed by atoms with E-state index in [0.29, 0.717) is 59.1 Å². The molecule has 0 unspecified atom stereocenters. The zero-order valence-electron chi connectivity index (χ0n) is 52.5. The Labute approximate surface area is 596 Å². The van der Waals surface area contributed by atoms with Crippen LogP contribution in [-0.4, -0.2) is 59.1 Å². The minimum atomic E-state index is 0. The van der Waals surface area contributed by atoms with Crippen LogP contribution in [0.1, 0.15) is 27.8 Å². The number of allylic oxidation sites excluding steroid dienone is 2. The zero-order chi connectivity index (χ0) is 64.7. The van der Waals surface area contributed by atoms with Gasteiger partial charge in [-0.25, -0.2) is 55.0 Å². The van der Waals surface area contributed by atoms with E-state index >= 15 is 0 Å². The molecule has 0 amide bonds. The van der Waals surface area contributed by atoms with E-state index in [-0.39, 0.29) is 71.0 Å². The van der Waals surface area contributed by atoms with Crippen molar-refractivity contribution in [1.29, 1.82) is 0 Å². The molecule has 0 bridgehead atoms. The van der Waals surface area contributed by atoms with Crippen molar-refractivity contribution in [1.82, 2.24) is 0 Å². The van der Waals surface area contributed by atoms with Crippen molar-refractivity contribution in [3.63, 3.8) is 0 Å². The maximum absolute atomic E-state index is 10.0. The Morgan fingerprint density at radius 3 is 1.09 bits per heavy atom. The van der Waals surface area contributed by atoms with Crippen LogP contribution in [0.25, 0.3) is 11.1 Å². The molecular weight excluding hydrogens is 1330 g/mol. The SMILES string of the molecule is O=COCCOCc1ccc(N=Nc2cccc(-c3ccc[cH-]3)c2)cc1.O=COCCOCc1ccc(N=Nc2cccc([C]3[CH]C=C[CH-]3)c2)cc1.O=COCCOCc1ccc(N=Nc2cccc([C]3[CH][CH][CH-][CH]3)c2)cc1.[Fe+2].[Fe+2].[Fe+2].c1cc[cH-]c1.c1cc[cH-]c1.c1cc[cH-]c1. The van der Waals surface area contributed by atoms with Crippen molar-refractivity contribution < 1.29 is 94.0 Å². The second-order valence-corrected chi connectivity index (χ2v) is 19.7. The number of nitrogens with zero attached hydrogens (tertiary/aromatic N) is 6. The van der Waals surface area contributed by atoms with Crippen molar-refractivity contribution in [3.8, 4) is 11.1 Å². The average molecular weight is 1410 g/mol. The minimum Gasteiger partial charge on any atom is -0.465 e. The molecule has 0 heterocycles. The van der Waals surface area contributed by atoms with Crippen LogP contribution in [0.3, 0.4) is 0 Å². The van der Waals surface area contributed by atoms with E-state index in [1.54, 1.807) is 0 Å². The molecule has 18 heteroatoms. The molecule has 2 aliphatic carbocycles. The second kappa shape index (κ2) is 50.4. The third-order valence-electron chi connectivity index (χ3n) is 12.9. The number of ether oxygens (including phenoxy) is 6. The Kier molecular flexibility index (Phi) is 41.7. The fourth-order valence-corrected chi connectivity index (χ4v) is 8.26. The summed E-state index contributed by atoms with van der Waals surface area (Å²) in [4.78, 5) is 30.1. The van der Waals surface area contributed by atoms with Crippen molar-refractivity contribution >= 4 is 53.5 Å². The molecule has 10 aromatic carbocycles. The molecule has 2 aliphatic rings. The molecule has 492 valence electrons. The number of azo groups is 3. The van der Waals surface area contributed by atoms with Crippen LogP contribution >= 0.6 is 0 Å². The van der Waals surface area contributed by atoms with Crippen LogP contribution in [0.2, 0.25) is 0 Å². The van der Waals surface area contributed by atoms with E-state index in [2.05, 4.69) is 101 Å². The van der Waals surface area contributed by atoms with Crippen molar-refractivity contribution in [2.75, 3.05) is 39.6 Å². The number of benzene rings is 6. The van der Waals surface area contributed by atoms with E-state index < -0.39 is 0 Å². The van der Waals surface area contributed by atoms with Gasteiger partial charge in [-0.2, -0.15) is 122 Å². The first kappa shape index (κ1) is 79.4. The number of hydrogen-bond donors (Lipinski definition) is 0. The van der Waals surface area contributed by atoms with Gasteiger partial charge in [0.2, 0.25) is 0 Å². The zero-order valence-corrected chi connectivity index (χ0v) is 55.8. The monoisotopic (exact) mass is 1400 g/mol. The summed E-state index contributed by atoms with van der Waals surface area (Å²) in [6.45, 7) is 4.54.